The van der Waals surface area contributed by atoms with Crippen molar-refractivity contribution in [3.63, 3.8) is 0 Å². The Kier molecular flexibility index (Phi) is 9.13. The van der Waals surface area contributed by atoms with E-state index in [1.165, 1.54) is 5.56 Å². The highest BCUT2D eigenvalue weighted by Crippen LogP contribution is 2.19. The number of hydrogen-bond acceptors (Lipinski definition) is 2. The molecule has 0 aliphatic rings. The minimum atomic E-state index is -0.428. The highest BCUT2D eigenvalue weighted by atomic mass is 35.5. The molecule has 0 aliphatic heterocycles. The number of amides is 1. The molecule has 0 saturated carbocycles. The van der Waals surface area contributed by atoms with E-state index in [-0.39, 0.29) is 24.4 Å². The van der Waals surface area contributed by atoms with E-state index < -0.39 is 6.04 Å². The van der Waals surface area contributed by atoms with E-state index in [0.29, 0.717) is 6.42 Å². The second-order valence-electron chi connectivity index (χ2n) is 5.89. The molecule has 0 bridgehead atoms. The first-order valence-corrected chi connectivity index (χ1v) is 8.35. The summed E-state index contributed by atoms with van der Waals surface area (Å²) >= 11 is 0. The van der Waals surface area contributed by atoms with Gasteiger partial charge in [0.05, 0.1) is 12.1 Å². The molecule has 1 amide bonds. The largest absolute Gasteiger partial charge is 0.348 e. The lowest BCUT2D eigenvalue weighted by Crippen LogP contribution is -2.42. The predicted octanol–water partition coefficient (Wildman–Crippen LogP) is 4.03. The fraction of sp³-hybridized carbons (Fsp3) is 0.350. The summed E-state index contributed by atoms with van der Waals surface area (Å²) in [5.74, 6) is -0.0613. The summed E-state index contributed by atoms with van der Waals surface area (Å²) in [6, 6.07) is 20.0. The van der Waals surface area contributed by atoms with Crippen LogP contribution in [-0.2, 0) is 11.2 Å². The van der Waals surface area contributed by atoms with Crippen LogP contribution in [0.4, 0.5) is 0 Å². The lowest BCUT2D eigenvalue weighted by Gasteiger charge is -2.21. The number of rotatable bonds is 8. The third kappa shape index (κ3) is 6.34. The van der Waals surface area contributed by atoms with Gasteiger partial charge in [-0.15, -0.1) is 12.4 Å². The van der Waals surface area contributed by atoms with Crippen LogP contribution in [0.1, 0.15) is 43.4 Å². The fourth-order valence-electron chi connectivity index (χ4n) is 2.68. The minimum absolute atomic E-state index is 0. The molecule has 2 aromatic carbocycles. The van der Waals surface area contributed by atoms with E-state index in [4.69, 9.17) is 5.73 Å². The van der Waals surface area contributed by atoms with Crippen LogP contribution >= 0.6 is 12.4 Å². The quantitative estimate of drug-likeness (QED) is 0.758. The third-order valence-electron chi connectivity index (χ3n) is 4.02. The van der Waals surface area contributed by atoms with Crippen molar-refractivity contribution in [3.05, 3.63) is 71.8 Å². The van der Waals surface area contributed by atoms with Crippen molar-refractivity contribution >= 4 is 18.3 Å². The lowest BCUT2D eigenvalue weighted by molar-refractivity contribution is -0.123. The average Bonchev–Trinajstić information content (AvgIpc) is 2.60. The number of nitrogens with two attached hydrogens (primary N) is 1. The molecule has 0 radical (unpaired) electrons. The highest BCUT2D eigenvalue weighted by Gasteiger charge is 2.18. The van der Waals surface area contributed by atoms with Gasteiger partial charge in [0.2, 0.25) is 5.91 Å². The summed E-state index contributed by atoms with van der Waals surface area (Å²) in [6.07, 6.45) is 3.41. The first-order valence-electron chi connectivity index (χ1n) is 8.35. The van der Waals surface area contributed by atoms with Crippen LogP contribution in [0.25, 0.3) is 0 Å². The SMILES string of the molecule is CCCC(N)C(=O)NC(CCc1ccccc1)c1ccccc1.Cl. The maximum Gasteiger partial charge on any atom is 0.237 e. The summed E-state index contributed by atoms with van der Waals surface area (Å²) in [6.45, 7) is 2.04. The molecule has 0 aliphatic carbocycles. The van der Waals surface area contributed by atoms with E-state index >= 15 is 0 Å². The zero-order chi connectivity index (χ0) is 16.5. The molecule has 0 fully saturated rings. The van der Waals surface area contributed by atoms with Gasteiger partial charge in [-0.25, -0.2) is 0 Å². The molecule has 3 N–H and O–H groups in total. The maximum atomic E-state index is 12.3. The molecule has 0 aromatic heterocycles. The van der Waals surface area contributed by atoms with Crippen molar-refractivity contribution in [1.29, 1.82) is 0 Å². The van der Waals surface area contributed by atoms with Gasteiger partial charge in [0, 0.05) is 0 Å². The molecular formula is C20H27ClN2O. The van der Waals surface area contributed by atoms with Gasteiger partial charge < -0.3 is 11.1 Å². The molecule has 0 spiro atoms. The van der Waals surface area contributed by atoms with E-state index in [9.17, 15) is 4.79 Å². The van der Waals surface area contributed by atoms with Crippen LogP contribution < -0.4 is 11.1 Å². The number of nitrogens with one attached hydrogen (secondary N) is 1. The Balaban J connectivity index is 0.00000288. The van der Waals surface area contributed by atoms with Crippen molar-refractivity contribution in [2.45, 2.75) is 44.7 Å². The predicted molar refractivity (Wildman–Crippen MR) is 102 cm³/mol. The van der Waals surface area contributed by atoms with E-state index in [1.54, 1.807) is 0 Å². The summed E-state index contributed by atoms with van der Waals surface area (Å²) in [4.78, 5) is 12.3. The molecule has 2 unspecified atom stereocenters. The lowest BCUT2D eigenvalue weighted by atomic mass is 9.98. The minimum Gasteiger partial charge on any atom is -0.348 e. The van der Waals surface area contributed by atoms with Crippen LogP contribution in [-0.4, -0.2) is 11.9 Å². The molecule has 0 saturated heterocycles. The number of carbonyl (C=O) groups excluding carboxylic acids is 1. The Morgan fingerprint density at radius 2 is 1.58 bits per heavy atom. The molecule has 130 valence electrons. The Hall–Kier alpha value is -1.84. The van der Waals surface area contributed by atoms with Gasteiger partial charge in [-0.2, -0.15) is 0 Å². The van der Waals surface area contributed by atoms with Crippen molar-refractivity contribution in [3.8, 4) is 0 Å². The van der Waals surface area contributed by atoms with Gasteiger partial charge in [-0.05, 0) is 30.4 Å². The van der Waals surface area contributed by atoms with E-state index in [1.807, 2.05) is 43.3 Å². The van der Waals surface area contributed by atoms with Gasteiger partial charge in [0.1, 0.15) is 0 Å². The van der Waals surface area contributed by atoms with Gasteiger partial charge in [-0.1, -0.05) is 74.0 Å². The van der Waals surface area contributed by atoms with Crippen LogP contribution in [0.5, 0.6) is 0 Å². The van der Waals surface area contributed by atoms with Crippen LogP contribution in [0.2, 0.25) is 0 Å². The fourth-order valence-corrected chi connectivity index (χ4v) is 2.68. The zero-order valence-corrected chi connectivity index (χ0v) is 15.0. The van der Waals surface area contributed by atoms with Gasteiger partial charge >= 0.3 is 0 Å². The Morgan fingerprint density at radius 3 is 2.17 bits per heavy atom. The normalized spacial score (nSPS) is 12.8. The van der Waals surface area contributed by atoms with Gasteiger partial charge in [-0.3, -0.25) is 4.79 Å². The topological polar surface area (TPSA) is 55.1 Å². The van der Waals surface area contributed by atoms with Crippen molar-refractivity contribution in [2.24, 2.45) is 5.73 Å². The van der Waals surface area contributed by atoms with Gasteiger partial charge in [0.25, 0.3) is 0 Å². The summed E-state index contributed by atoms with van der Waals surface area (Å²) in [5, 5.41) is 3.12. The van der Waals surface area contributed by atoms with Crippen LogP contribution in [0.3, 0.4) is 0 Å². The monoisotopic (exact) mass is 346 g/mol. The number of carbonyl (C=O) groups is 1. The number of benzene rings is 2. The molecule has 2 rings (SSSR count). The van der Waals surface area contributed by atoms with Crippen molar-refractivity contribution in [1.82, 2.24) is 5.32 Å². The average molecular weight is 347 g/mol. The Morgan fingerprint density at radius 1 is 1.00 bits per heavy atom. The first kappa shape index (κ1) is 20.2. The van der Waals surface area contributed by atoms with Crippen LogP contribution in [0.15, 0.2) is 60.7 Å². The molecule has 3 nitrogen and oxygen atoms in total. The molecule has 4 heteroatoms. The van der Waals surface area contributed by atoms with E-state index in [2.05, 4.69) is 29.6 Å². The number of aryl methyl sites for hydroxylation is 1. The molecule has 2 aromatic rings. The van der Waals surface area contributed by atoms with Crippen LogP contribution in [0, 0.1) is 0 Å². The summed E-state index contributed by atoms with van der Waals surface area (Å²) < 4.78 is 0. The smallest absolute Gasteiger partial charge is 0.237 e. The van der Waals surface area contributed by atoms with E-state index in [0.717, 1.165) is 24.8 Å². The Bertz CT molecular complexity index is 589. The van der Waals surface area contributed by atoms with Crippen molar-refractivity contribution in [2.75, 3.05) is 0 Å². The zero-order valence-electron chi connectivity index (χ0n) is 14.2. The van der Waals surface area contributed by atoms with Gasteiger partial charge in [0.15, 0.2) is 0 Å². The second-order valence-corrected chi connectivity index (χ2v) is 5.89. The third-order valence-corrected chi connectivity index (χ3v) is 4.02. The molecule has 24 heavy (non-hydrogen) atoms. The Labute approximate surface area is 151 Å². The standard InChI is InChI=1S/C20H26N2O.ClH/c1-2-9-18(21)20(23)22-19(17-12-7-4-8-13-17)15-14-16-10-5-3-6-11-16;/h3-8,10-13,18-19H,2,9,14-15,21H2,1H3,(H,22,23);1H. The molecular weight excluding hydrogens is 320 g/mol. The maximum absolute atomic E-state index is 12.3. The molecule has 2 atom stereocenters. The summed E-state index contributed by atoms with van der Waals surface area (Å²) in [7, 11) is 0. The van der Waals surface area contributed by atoms with Crippen molar-refractivity contribution < 1.29 is 4.79 Å². The molecule has 0 heterocycles. The summed E-state index contributed by atoms with van der Waals surface area (Å²) in [5.41, 5.74) is 8.35. The first-order chi connectivity index (χ1) is 11.2. The number of halogens is 1. The highest BCUT2D eigenvalue weighted by molar-refractivity contribution is 5.85. The second kappa shape index (κ2) is 10.8. The number of hydrogen-bond donors (Lipinski definition) is 2.